The zero-order chi connectivity index (χ0) is 13.8. The summed E-state index contributed by atoms with van der Waals surface area (Å²) in [6.07, 6.45) is 6.74. The lowest BCUT2D eigenvalue weighted by Gasteiger charge is -2.27. The molecule has 1 aliphatic rings. The number of rotatable bonds is 5. The normalized spacial score (nSPS) is 19.0. The minimum atomic E-state index is 0.170. The van der Waals surface area contributed by atoms with E-state index in [1.54, 1.807) is 11.3 Å². The number of thiazole rings is 1. The highest BCUT2D eigenvalue weighted by molar-refractivity contribution is 7.11. The number of ether oxygens (including phenoxy) is 1. The van der Waals surface area contributed by atoms with E-state index in [0.29, 0.717) is 18.4 Å². The predicted octanol–water partition coefficient (Wildman–Crippen LogP) is 3.99. The third-order valence-corrected chi connectivity index (χ3v) is 5.21. The molecule has 1 heterocycles. The van der Waals surface area contributed by atoms with Gasteiger partial charge in [0.1, 0.15) is 11.1 Å². The third kappa shape index (κ3) is 3.36. The second-order valence-electron chi connectivity index (χ2n) is 5.77. The molecule has 2 N–H and O–H groups in total. The quantitative estimate of drug-likeness (QED) is 0.888. The highest BCUT2D eigenvalue weighted by atomic mass is 32.1. The summed E-state index contributed by atoms with van der Waals surface area (Å²) in [6, 6.07) is 0. The van der Waals surface area contributed by atoms with Crippen LogP contribution in [0.4, 0.5) is 0 Å². The highest BCUT2D eigenvalue weighted by Crippen LogP contribution is 2.39. The molecule has 1 aromatic heterocycles. The van der Waals surface area contributed by atoms with Crippen molar-refractivity contribution in [3.05, 3.63) is 15.6 Å². The SMILES string of the molecule is COC(c1nc(C(C)C)c(CN)s1)C1CCCCC1. The van der Waals surface area contributed by atoms with Gasteiger partial charge in [0, 0.05) is 18.5 Å². The van der Waals surface area contributed by atoms with Gasteiger partial charge in [0.2, 0.25) is 0 Å². The first-order valence-corrected chi connectivity index (χ1v) is 8.21. The van der Waals surface area contributed by atoms with Crippen molar-refractivity contribution in [2.24, 2.45) is 11.7 Å². The smallest absolute Gasteiger partial charge is 0.122 e. The molecule has 108 valence electrons. The van der Waals surface area contributed by atoms with E-state index in [4.69, 9.17) is 15.5 Å². The van der Waals surface area contributed by atoms with E-state index < -0.39 is 0 Å². The number of hydrogen-bond donors (Lipinski definition) is 1. The first-order chi connectivity index (χ1) is 9.17. The van der Waals surface area contributed by atoms with Gasteiger partial charge in [-0.3, -0.25) is 0 Å². The molecule has 0 spiro atoms. The van der Waals surface area contributed by atoms with Crippen molar-refractivity contribution in [1.29, 1.82) is 0 Å². The van der Waals surface area contributed by atoms with Gasteiger partial charge < -0.3 is 10.5 Å². The van der Waals surface area contributed by atoms with Gasteiger partial charge >= 0.3 is 0 Å². The lowest BCUT2D eigenvalue weighted by atomic mass is 9.85. The summed E-state index contributed by atoms with van der Waals surface area (Å²) < 4.78 is 5.78. The van der Waals surface area contributed by atoms with Gasteiger partial charge in [-0.2, -0.15) is 0 Å². The van der Waals surface area contributed by atoms with Crippen LogP contribution in [-0.2, 0) is 11.3 Å². The molecule has 0 bridgehead atoms. The van der Waals surface area contributed by atoms with Crippen LogP contribution in [0.25, 0.3) is 0 Å². The number of methoxy groups -OCH3 is 1. The average Bonchev–Trinajstić information content (AvgIpc) is 2.85. The molecular formula is C15H26N2OS. The molecule has 0 amide bonds. The van der Waals surface area contributed by atoms with Crippen molar-refractivity contribution in [2.45, 2.75) is 64.5 Å². The summed E-state index contributed by atoms with van der Waals surface area (Å²) in [4.78, 5) is 6.07. The topological polar surface area (TPSA) is 48.1 Å². The van der Waals surface area contributed by atoms with Crippen molar-refractivity contribution in [2.75, 3.05) is 7.11 Å². The molecule has 1 atom stereocenters. The number of aromatic nitrogens is 1. The fraction of sp³-hybridized carbons (Fsp3) is 0.800. The Labute approximate surface area is 120 Å². The van der Waals surface area contributed by atoms with E-state index in [9.17, 15) is 0 Å². The van der Waals surface area contributed by atoms with Gasteiger partial charge in [0.15, 0.2) is 0 Å². The maximum atomic E-state index is 5.85. The van der Waals surface area contributed by atoms with Crippen molar-refractivity contribution in [1.82, 2.24) is 4.98 Å². The van der Waals surface area contributed by atoms with Gasteiger partial charge in [-0.25, -0.2) is 4.98 Å². The second-order valence-corrected chi connectivity index (χ2v) is 6.89. The van der Waals surface area contributed by atoms with Crippen molar-refractivity contribution < 1.29 is 4.74 Å². The van der Waals surface area contributed by atoms with E-state index in [2.05, 4.69) is 13.8 Å². The Bertz CT molecular complexity index is 397. The summed E-state index contributed by atoms with van der Waals surface area (Å²) in [7, 11) is 1.82. The van der Waals surface area contributed by atoms with Gasteiger partial charge in [-0.15, -0.1) is 11.3 Å². The van der Waals surface area contributed by atoms with Crippen LogP contribution in [0.3, 0.4) is 0 Å². The maximum Gasteiger partial charge on any atom is 0.122 e. The summed E-state index contributed by atoms with van der Waals surface area (Å²) in [6.45, 7) is 4.95. The van der Waals surface area contributed by atoms with E-state index in [0.717, 1.165) is 5.01 Å². The highest BCUT2D eigenvalue weighted by Gasteiger charge is 2.28. The fourth-order valence-electron chi connectivity index (χ4n) is 3.03. The van der Waals surface area contributed by atoms with Crippen LogP contribution in [0, 0.1) is 5.92 Å². The molecular weight excluding hydrogens is 256 g/mol. The maximum absolute atomic E-state index is 5.85. The molecule has 19 heavy (non-hydrogen) atoms. The van der Waals surface area contributed by atoms with E-state index in [1.807, 2.05) is 7.11 Å². The zero-order valence-corrected chi connectivity index (χ0v) is 13.1. The van der Waals surface area contributed by atoms with Crippen LogP contribution in [0.1, 0.15) is 73.6 Å². The average molecular weight is 282 g/mol. The molecule has 1 unspecified atom stereocenters. The molecule has 1 fully saturated rings. The summed E-state index contributed by atoms with van der Waals surface area (Å²) >= 11 is 1.75. The molecule has 1 saturated carbocycles. The Hall–Kier alpha value is -0.450. The van der Waals surface area contributed by atoms with Crippen LogP contribution in [0.15, 0.2) is 0 Å². The van der Waals surface area contributed by atoms with Crippen molar-refractivity contribution in [3.8, 4) is 0 Å². The van der Waals surface area contributed by atoms with Gasteiger partial charge in [0.25, 0.3) is 0 Å². The van der Waals surface area contributed by atoms with Crippen LogP contribution >= 0.6 is 11.3 Å². The van der Waals surface area contributed by atoms with Gasteiger partial charge in [-0.1, -0.05) is 33.1 Å². The standard InChI is InChI=1S/C15H26N2OS/c1-10(2)13-12(9-16)19-15(17-13)14(18-3)11-7-5-4-6-8-11/h10-11,14H,4-9,16H2,1-3H3. The van der Waals surface area contributed by atoms with Crippen molar-refractivity contribution >= 4 is 11.3 Å². The molecule has 3 nitrogen and oxygen atoms in total. The van der Waals surface area contributed by atoms with Gasteiger partial charge in [-0.05, 0) is 24.7 Å². The Balaban J connectivity index is 2.22. The second kappa shape index (κ2) is 6.82. The number of nitrogens with two attached hydrogens (primary N) is 1. The van der Waals surface area contributed by atoms with Crippen LogP contribution in [0.2, 0.25) is 0 Å². The molecule has 0 radical (unpaired) electrons. The van der Waals surface area contributed by atoms with Crippen LogP contribution in [-0.4, -0.2) is 12.1 Å². The van der Waals surface area contributed by atoms with Crippen molar-refractivity contribution in [3.63, 3.8) is 0 Å². The number of hydrogen-bond acceptors (Lipinski definition) is 4. The summed E-state index contributed by atoms with van der Waals surface area (Å²) in [5, 5.41) is 1.14. The Kier molecular flexibility index (Phi) is 5.37. The lowest BCUT2D eigenvalue weighted by Crippen LogP contribution is -2.17. The van der Waals surface area contributed by atoms with Crippen LogP contribution < -0.4 is 5.73 Å². The summed E-state index contributed by atoms with van der Waals surface area (Å²) in [5.41, 5.74) is 7.02. The lowest BCUT2D eigenvalue weighted by molar-refractivity contribution is 0.0351. The van der Waals surface area contributed by atoms with E-state index in [-0.39, 0.29) is 6.10 Å². The van der Waals surface area contributed by atoms with Gasteiger partial charge in [0.05, 0.1) is 5.69 Å². The van der Waals surface area contributed by atoms with Crippen LogP contribution in [0.5, 0.6) is 0 Å². The molecule has 0 aromatic carbocycles. The first kappa shape index (κ1) is 14.9. The number of nitrogens with zero attached hydrogens (tertiary/aromatic N) is 1. The Morgan fingerprint density at radius 1 is 1.32 bits per heavy atom. The molecule has 1 aliphatic carbocycles. The monoisotopic (exact) mass is 282 g/mol. The largest absolute Gasteiger partial charge is 0.374 e. The Morgan fingerprint density at radius 2 is 2.00 bits per heavy atom. The first-order valence-electron chi connectivity index (χ1n) is 7.39. The Morgan fingerprint density at radius 3 is 2.47 bits per heavy atom. The summed E-state index contributed by atoms with van der Waals surface area (Å²) in [5.74, 6) is 1.07. The molecule has 4 heteroatoms. The minimum Gasteiger partial charge on any atom is -0.374 e. The van der Waals surface area contributed by atoms with E-state index in [1.165, 1.54) is 42.7 Å². The minimum absolute atomic E-state index is 0.170. The molecule has 0 saturated heterocycles. The molecule has 0 aliphatic heterocycles. The third-order valence-electron chi connectivity index (χ3n) is 4.05. The predicted molar refractivity (Wildman–Crippen MR) is 80.4 cm³/mol. The molecule has 2 rings (SSSR count). The zero-order valence-electron chi connectivity index (χ0n) is 12.3. The fourth-order valence-corrected chi connectivity index (χ4v) is 4.30. The molecule has 1 aromatic rings. The van der Waals surface area contributed by atoms with E-state index >= 15 is 0 Å².